The van der Waals surface area contributed by atoms with E-state index >= 15 is 0 Å². The van der Waals surface area contributed by atoms with Crippen LogP contribution in [0.4, 0.5) is 0 Å². The van der Waals surface area contributed by atoms with Crippen molar-refractivity contribution in [1.82, 2.24) is 5.32 Å². The minimum atomic E-state index is -1.02. The molecule has 3 aromatic rings. The fourth-order valence-corrected chi connectivity index (χ4v) is 4.72. The number of carbonyl (C=O) groups is 2. The van der Waals surface area contributed by atoms with E-state index in [2.05, 4.69) is 17.9 Å². The lowest BCUT2D eigenvalue weighted by molar-refractivity contribution is -0.141. The first-order valence-corrected chi connectivity index (χ1v) is 12.0. The second-order valence-electron chi connectivity index (χ2n) is 7.62. The zero-order valence-electron chi connectivity index (χ0n) is 17.5. The van der Waals surface area contributed by atoms with Crippen LogP contribution in [0.2, 0.25) is 0 Å². The molecule has 4 nitrogen and oxygen atoms in total. The highest BCUT2D eigenvalue weighted by atomic mass is 32.2. The van der Waals surface area contributed by atoms with Crippen LogP contribution in [0, 0.1) is 12.8 Å². The SMILES string of the molecule is Cc1ccc(CSC[C@H](NC(=O)C(CS)Cc2cccc3ccccc23)C(=O)O)cc1. The van der Waals surface area contributed by atoms with E-state index in [0.717, 1.165) is 21.9 Å². The summed E-state index contributed by atoms with van der Waals surface area (Å²) in [6, 6.07) is 21.3. The largest absolute Gasteiger partial charge is 0.480 e. The predicted octanol–water partition coefficient (Wildman–Crippen LogP) is 4.74. The molecular weight excluding hydrogens is 426 g/mol. The van der Waals surface area contributed by atoms with E-state index in [1.54, 1.807) is 0 Å². The average Bonchev–Trinajstić information content (AvgIpc) is 2.77. The molecule has 0 aliphatic rings. The Labute approximate surface area is 192 Å². The molecule has 162 valence electrons. The van der Waals surface area contributed by atoms with Crippen molar-refractivity contribution in [2.75, 3.05) is 11.5 Å². The Hall–Kier alpha value is -2.44. The molecule has 2 atom stereocenters. The van der Waals surface area contributed by atoms with Crippen LogP contribution in [0.1, 0.15) is 16.7 Å². The third-order valence-corrected chi connectivity index (χ3v) is 6.77. The van der Waals surface area contributed by atoms with Gasteiger partial charge < -0.3 is 10.4 Å². The summed E-state index contributed by atoms with van der Waals surface area (Å²) in [4.78, 5) is 24.6. The van der Waals surface area contributed by atoms with Gasteiger partial charge in [-0.15, -0.1) is 0 Å². The first-order valence-electron chi connectivity index (χ1n) is 10.2. The smallest absolute Gasteiger partial charge is 0.327 e. The van der Waals surface area contributed by atoms with E-state index in [0.29, 0.717) is 23.7 Å². The van der Waals surface area contributed by atoms with E-state index < -0.39 is 17.9 Å². The number of aryl methyl sites for hydroxylation is 1. The molecule has 0 bridgehead atoms. The molecule has 0 radical (unpaired) electrons. The molecule has 31 heavy (non-hydrogen) atoms. The van der Waals surface area contributed by atoms with Crippen molar-refractivity contribution in [3.05, 3.63) is 83.4 Å². The quantitative estimate of drug-likeness (QED) is 0.388. The van der Waals surface area contributed by atoms with Gasteiger partial charge >= 0.3 is 5.97 Å². The summed E-state index contributed by atoms with van der Waals surface area (Å²) in [5.74, 6) is -0.344. The number of carbonyl (C=O) groups excluding carboxylic acids is 1. The molecule has 0 saturated heterocycles. The van der Waals surface area contributed by atoms with Crippen molar-refractivity contribution < 1.29 is 14.7 Å². The highest BCUT2D eigenvalue weighted by Crippen LogP contribution is 2.22. The van der Waals surface area contributed by atoms with Gasteiger partial charge in [-0.1, -0.05) is 72.3 Å². The van der Waals surface area contributed by atoms with Gasteiger partial charge in [0.2, 0.25) is 5.91 Å². The summed E-state index contributed by atoms with van der Waals surface area (Å²) in [5, 5.41) is 14.5. The van der Waals surface area contributed by atoms with Crippen LogP contribution in [0.25, 0.3) is 10.8 Å². The molecule has 6 heteroatoms. The highest BCUT2D eigenvalue weighted by molar-refractivity contribution is 7.98. The Morgan fingerprint density at radius 3 is 2.45 bits per heavy atom. The zero-order chi connectivity index (χ0) is 22.2. The molecule has 3 aromatic carbocycles. The van der Waals surface area contributed by atoms with Crippen LogP contribution < -0.4 is 5.32 Å². The average molecular weight is 454 g/mol. The standard InChI is InChI=1S/C25H27NO3S2/c1-17-9-11-18(12-10-17)15-31-16-23(25(28)29)26-24(27)21(14-30)13-20-7-4-6-19-5-2-3-8-22(19)20/h2-12,21,23,30H,13-16H2,1H3,(H,26,27)(H,28,29)/t21?,23-/m0/s1. The van der Waals surface area contributed by atoms with Crippen molar-refractivity contribution in [3.8, 4) is 0 Å². The number of rotatable bonds is 10. The highest BCUT2D eigenvalue weighted by Gasteiger charge is 2.25. The lowest BCUT2D eigenvalue weighted by Crippen LogP contribution is -2.46. The number of carboxylic acid groups (broad SMARTS) is 1. The molecule has 1 unspecified atom stereocenters. The van der Waals surface area contributed by atoms with E-state index in [9.17, 15) is 14.7 Å². The second kappa shape index (κ2) is 11.3. The number of fused-ring (bicyclic) bond motifs is 1. The van der Waals surface area contributed by atoms with Crippen LogP contribution in [0.15, 0.2) is 66.7 Å². The van der Waals surface area contributed by atoms with Crippen LogP contribution >= 0.6 is 24.4 Å². The maximum atomic E-state index is 12.9. The third kappa shape index (κ3) is 6.52. The second-order valence-corrected chi connectivity index (χ2v) is 9.02. The molecule has 2 N–H and O–H groups in total. The van der Waals surface area contributed by atoms with Gasteiger partial charge in [-0.2, -0.15) is 24.4 Å². The fraction of sp³-hybridized carbons (Fsp3) is 0.280. The minimum absolute atomic E-state index is 0.272. The number of aliphatic carboxylic acids is 1. The van der Waals surface area contributed by atoms with Crippen LogP contribution in [0.5, 0.6) is 0 Å². The lowest BCUT2D eigenvalue weighted by atomic mass is 9.95. The predicted molar refractivity (Wildman–Crippen MR) is 132 cm³/mol. The summed E-state index contributed by atoms with van der Waals surface area (Å²) in [7, 11) is 0. The number of hydrogen-bond donors (Lipinski definition) is 3. The molecule has 0 aliphatic carbocycles. The molecule has 0 saturated carbocycles. The van der Waals surface area contributed by atoms with Crippen molar-refractivity contribution >= 4 is 47.0 Å². The number of carboxylic acids is 1. The molecule has 0 spiro atoms. The summed E-state index contributed by atoms with van der Waals surface area (Å²) < 4.78 is 0. The first-order chi connectivity index (χ1) is 15.0. The molecule has 0 fully saturated rings. The summed E-state index contributed by atoms with van der Waals surface area (Å²) in [5.41, 5.74) is 3.39. The number of thiol groups is 1. The van der Waals surface area contributed by atoms with Crippen LogP contribution in [-0.2, 0) is 21.8 Å². The number of amides is 1. The zero-order valence-corrected chi connectivity index (χ0v) is 19.2. The summed E-state index contributed by atoms with van der Waals surface area (Å²) in [6.07, 6.45) is 0.513. The number of nitrogens with one attached hydrogen (secondary N) is 1. The van der Waals surface area contributed by atoms with Crippen LogP contribution in [-0.4, -0.2) is 34.5 Å². The van der Waals surface area contributed by atoms with E-state index in [4.69, 9.17) is 0 Å². The number of benzene rings is 3. The Bertz CT molecular complexity index is 1030. The molecule has 1 amide bonds. The molecule has 3 rings (SSSR count). The monoisotopic (exact) mass is 453 g/mol. The van der Waals surface area contributed by atoms with Gasteiger partial charge in [0.15, 0.2) is 0 Å². The summed E-state index contributed by atoms with van der Waals surface area (Å²) >= 11 is 5.87. The maximum Gasteiger partial charge on any atom is 0.327 e. The van der Waals surface area contributed by atoms with Crippen molar-refractivity contribution in [1.29, 1.82) is 0 Å². The molecule has 0 aromatic heterocycles. The molecule has 0 heterocycles. The minimum Gasteiger partial charge on any atom is -0.480 e. The lowest BCUT2D eigenvalue weighted by Gasteiger charge is -2.20. The Kier molecular flexibility index (Phi) is 8.43. The fourth-order valence-electron chi connectivity index (χ4n) is 3.42. The molecular formula is C25H27NO3S2. The Balaban J connectivity index is 1.61. The van der Waals surface area contributed by atoms with Crippen molar-refractivity contribution in [2.45, 2.75) is 25.1 Å². The van der Waals surface area contributed by atoms with Crippen LogP contribution in [0.3, 0.4) is 0 Å². The van der Waals surface area contributed by atoms with Crippen molar-refractivity contribution in [3.63, 3.8) is 0 Å². The Morgan fingerprint density at radius 2 is 1.74 bits per heavy atom. The normalized spacial score (nSPS) is 13.0. The topological polar surface area (TPSA) is 66.4 Å². The van der Waals surface area contributed by atoms with Gasteiger partial charge in [0.1, 0.15) is 6.04 Å². The van der Waals surface area contributed by atoms with Gasteiger partial charge in [0.05, 0.1) is 5.92 Å². The van der Waals surface area contributed by atoms with E-state index in [1.165, 1.54) is 17.3 Å². The van der Waals surface area contributed by atoms with Crippen molar-refractivity contribution in [2.24, 2.45) is 5.92 Å². The molecule has 0 aliphatic heterocycles. The summed E-state index contributed by atoms with van der Waals surface area (Å²) in [6.45, 7) is 2.03. The van der Waals surface area contributed by atoms with E-state index in [1.807, 2.05) is 73.7 Å². The maximum absolute atomic E-state index is 12.9. The number of thioether (sulfide) groups is 1. The van der Waals surface area contributed by atoms with Gasteiger partial charge in [-0.05, 0) is 35.2 Å². The number of hydrogen-bond acceptors (Lipinski definition) is 4. The van der Waals surface area contributed by atoms with Gasteiger partial charge in [-0.3, -0.25) is 4.79 Å². The van der Waals surface area contributed by atoms with Gasteiger partial charge in [-0.25, -0.2) is 4.79 Å². The van der Waals surface area contributed by atoms with Gasteiger partial charge in [0, 0.05) is 17.3 Å². The Morgan fingerprint density at radius 1 is 1.03 bits per heavy atom. The first kappa shape index (κ1) is 23.2. The van der Waals surface area contributed by atoms with E-state index in [-0.39, 0.29) is 5.91 Å². The van der Waals surface area contributed by atoms with Gasteiger partial charge in [0.25, 0.3) is 0 Å². The third-order valence-electron chi connectivity index (χ3n) is 5.23.